The third kappa shape index (κ3) is 3.79. The van der Waals surface area contributed by atoms with Crippen LogP contribution in [0.1, 0.15) is 46.7 Å². The number of benzene rings is 1. The van der Waals surface area contributed by atoms with Crippen molar-refractivity contribution in [2.45, 2.75) is 26.7 Å². The number of esters is 2. The van der Waals surface area contributed by atoms with E-state index in [1.54, 1.807) is 31.2 Å². The van der Waals surface area contributed by atoms with Gasteiger partial charge in [-0.1, -0.05) is 43.7 Å². The zero-order valence-corrected chi connectivity index (χ0v) is 14.5. The van der Waals surface area contributed by atoms with Crippen LogP contribution in [0, 0.1) is 0 Å². The molecule has 0 radical (unpaired) electrons. The molecule has 0 amide bonds. The molecule has 1 aromatic heterocycles. The van der Waals surface area contributed by atoms with E-state index in [0.717, 1.165) is 0 Å². The van der Waals surface area contributed by atoms with Crippen LogP contribution in [0.4, 0.5) is 0 Å². The Bertz CT molecular complexity index is 824. The van der Waals surface area contributed by atoms with Crippen LogP contribution in [0.5, 0.6) is 0 Å². The van der Waals surface area contributed by atoms with Crippen molar-refractivity contribution in [2.75, 3.05) is 13.7 Å². The SMILES string of the molecule is CCCc1[nH]c(=O)c(C(=O)OC)c(-c2ccccc2)c1C(=O)OCC. The van der Waals surface area contributed by atoms with Gasteiger partial charge >= 0.3 is 11.9 Å². The van der Waals surface area contributed by atoms with Gasteiger partial charge in [0, 0.05) is 11.3 Å². The normalized spacial score (nSPS) is 10.4. The largest absolute Gasteiger partial charge is 0.465 e. The van der Waals surface area contributed by atoms with Crippen LogP contribution in [0.2, 0.25) is 0 Å². The summed E-state index contributed by atoms with van der Waals surface area (Å²) in [5.41, 5.74) is 0.707. The number of ether oxygens (including phenoxy) is 2. The van der Waals surface area contributed by atoms with Gasteiger partial charge < -0.3 is 14.5 Å². The summed E-state index contributed by atoms with van der Waals surface area (Å²) < 4.78 is 9.93. The molecule has 6 nitrogen and oxygen atoms in total. The number of hydrogen-bond acceptors (Lipinski definition) is 5. The van der Waals surface area contributed by atoms with E-state index in [1.807, 2.05) is 13.0 Å². The maximum Gasteiger partial charge on any atom is 0.344 e. The molecule has 132 valence electrons. The van der Waals surface area contributed by atoms with Gasteiger partial charge in [-0.15, -0.1) is 0 Å². The van der Waals surface area contributed by atoms with E-state index in [9.17, 15) is 14.4 Å². The molecule has 1 aromatic carbocycles. The summed E-state index contributed by atoms with van der Waals surface area (Å²) in [7, 11) is 1.19. The molecule has 0 aliphatic carbocycles. The average Bonchev–Trinajstić information content (AvgIpc) is 2.61. The predicted octanol–water partition coefficient (Wildman–Crippen LogP) is 2.96. The summed E-state index contributed by atoms with van der Waals surface area (Å²) in [5, 5.41) is 0. The second kappa shape index (κ2) is 8.28. The Morgan fingerprint density at radius 2 is 1.72 bits per heavy atom. The second-order valence-corrected chi connectivity index (χ2v) is 5.39. The first-order valence-corrected chi connectivity index (χ1v) is 8.15. The topological polar surface area (TPSA) is 85.5 Å². The van der Waals surface area contributed by atoms with Gasteiger partial charge in [0.05, 0.1) is 19.3 Å². The molecule has 0 bridgehead atoms. The monoisotopic (exact) mass is 343 g/mol. The van der Waals surface area contributed by atoms with E-state index in [4.69, 9.17) is 9.47 Å². The van der Waals surface area contributed by atoms with Gasteiger partial charge in [0.1, 0.15) is 5.56 Å². The number of aromatic amines is 1. The highest BCUT2D eigenvalue weighted by Gasteiger charge is 2.28. The third-order valence-electron chi connectivity index (χ3n) is 3.72. The lowest BCUT2D eigenvalue weighted by molar-refractivity contribution is 0.0525. The second-order valence-electron chi connectivity index (χ2n) is 5.39. The first-order valence-electron chi connectivity index (χ1n) is 8.15. The number of H-pyrrole nitrogens is 1. The molecule has 1 heterocycles. The number of methoxy groups -OCH3 is 1. The fraction of sp³-hybridized carbons (Fsp3) is 0.316. The zero-order valence-electron chi connectivity index (χ0n) is 14.5. The molecule has 0 aliphatic rings. The minimum Gasteiger partial charge on any atom is -0.465 e. The van der Waals surface area contributed by atoms with Crippen LogP contribution in [0.15, 0.2) is 35.1 Å². The first-order chi connectivity index (χ1) is 12.0. The molecular formula is C19H21NO5. The lowest BCUT2D eigenvalue weighted by Gasteiger charge is -2.16. The molecule has 2 aromatic rings. The van der Waals surface area contributed by atoms with Crippen molar-refractivity contribution in [2.24, 2.45) is 0 Å². The molecule has 1 N–H and O–H groups in total. The maximum absolute atomic E-state index is 12.6. The fourth-order valence-corrected chi connectivity index (χ4v) is 2.71. The highest BCUT2D eigenvalue weighted by Crippen LogP contribution is 2.29. The lowest BCUT2D eigenvalue weighted by atomic mass is 9.93. The van der Waals surface area contributed by atoms with Crippen LogP contribution in [-0.2, 0) is 15.9 Å². The number of hydrogen-bond donors (Lipinski definition) is 1. The Labute approximate surface area is 145 Å². The Morgan fingerprint density at radius 1 is 1.04 bits per heavy atom. The molecule has 25 heavy (non-hydrogen) atoms. The fourth-order valence-electron chi connectivity index (χ4n) is 2.71. The summed E-state index contributed by atoms with van der Waals surface area (Å²) in [6.45, 7) is 3.82. The van der Waals surface area contributed by atoms with E-state index in [2.05, 4.69) is 4.98 Å². The van der Waals surface area contributed by atoms with Crippen molar-refractivity contribution >= 4 is 11.9 Å². The average molecular weight is 343 g/mol. The van der Waals surface area contributed by atoms with Gasteiger partial charge in [0.2, 0.25) is 0 Å². The molecule has 0 fully saturated rings. The first kappa shape index (κ1) is 18.4. The molecule has 0 saturated heterocycles. The summed E-state index contributed by atoms with van der Waals surface area (Å²) in [5.74, 6) is -1.38. The summed E-state index contributed by atoms with van der Waals surface area (Å²) in [6.07, 6.45) is 1.19. The number of nitrogens with one attached hydrogen (secondary N) is 1. The van der Waals surface area contributed by atoms with Gasteiger partial charge in [0.25, 0.3) is 5.56 Å². The van der Waals surface area contributed by atoms with Gasteiger partial charge in [-0.25, -0.2) is 9.59 Å². The smallest absolute Gasteiger partial charge is 0.344 e. The van der Waals surface area contributed by atoms with Crippen LogP contribution in [-0.4, -0.2) is 30.6 Å². The maximum atomic E-state index is 12.6. The van der Waals surface area contributed by atoms with E-state index >= 15 is 0 Å². The van der Waals surface area contributed by atoms with Crippen LogP contribution >= 0.6 is 0 Å². The molecule has 0 unspecified atom stereocenters. The van der Waals surface area contributed by atoms with E-state index in [0.29, 0.717) is 24.1 Å². The molecule has 0 aliphatic heterocycles. The Morgan fingerprint density at radius 3 is 2.28 bits per heavy atom. The molecule has 0 saturated carbocycles. The molecule has 6 heteroatoms. The predicted molar refractivity (Wildman–Crippen MR) is 93.8 cm³/mol. The molecular weight excluding hydrogens is 322 g/mol. The Balaban J connectivity index is 2.91. The van der Waals surface area contributed by atoms with Gasteiger partial charge in [-0.3, -0.25) is 4.79 Å². The highest BCUT2D eigenvalue weighted by molar-refractivity contribution is 6.06. The highest BCUT2D eigenvalue weighted by atomic mass is 16.5. The number of carbonyl (C=O) groups excluding carboxylic acids is 2. The van der Waals surface area contributed by atoms with Gasteiger partial charge in [0.15, 0.2) is 0 Å². The van der Waals surface area contributed by atoms with Crippen molar-refractivity contribution in [1.82, 2.24) is 4.98 Å². The van der Waals surface area contributed by atoms with Crippen molar-refractivity contribution in [3.05, 3.63) is 57.5 Å². The standard InChI is InChI=1S/C19H21NO5/c1-4-9-13-15(19(23)25-5-2)14(12-10-7-6-8-11-12)16(17(21)20-13)18(22)24-3/h6-8,10-11H,4-5,9H2,1-3H3,(H,20,21). The van der Waals surface area contributed by atoms with E-state index < -0.39 is 17.5 Å². The number of carbonyl (C=O) groups is 2. The Kier molecular flexibility index (Phi) is 6.11. The van der Waals surface area contributed by atoms with Crippen molar-refractivity contribution in [1.29, 1.82) is 0 Å². The van der Waals surface area contributed by atoms with Gasteiger partial charge in [-0.2, -0.15) is 0 Å². The lowest BCUT2D eigenvalue weighted by Crippen LogP contribution is -2.26. The summed E-state index contributed by atoms with van der Waals surface area (Å²) in [4.78, 5) is 40.0. The summed E-state index contributed by atoms with van der Waals surface area (Å²) >= 11 is 0. The van der Waals surface area contributed by atoms with Gasteiger partial charge in [-0.05, 0) is 18.9 Å². The van der Waals surface area contributed by atoms with Crippen molar-refractivity contribution in [3.8, 4) is 11.1 Å². The number of pyridine rings is 1. The van der Waals surface area contributed by atoms with Crippen LogP contribution in [0.25, 0.3) is 11.1 Å². The number of aryl methyl sites for hydroxylation is 1. The van der Waals surface area contributed by atoms with Crippen LogP contribution in [0.3, 0.4) is 0 Å². The Hall–Kier alpha value is -2.89. The number of aromatic nitrogens is 1. The molecule has 0 atom stereocenters. The molecule has 2 rings (SSSR count). The number of rotatable bonds is 6. The quantitative estimate of drug-likeness (QED) is 0.815. The molecule has 0 spiro atoms. The van der Waals surface area contributed by atoms with E-state index in [1.165, 1.54) is 7.11 Å². The zero-order chi connectivity index (χ0) is 18.4. The third-order valence-corrected chi connectivity index (χ3v) is 3.72. The van der Waals surface area contributed by atoms with Crippen molar-refractivity contribution < 1.29 is 19.1 Å². The summed E-state index contributed by atoms with van der Waals surface area (Å²) in [6, 6.07) is 8.82. The van der Waals surface area contributed by atoms with E-state index in [-0.39, 0.29) is 23.3 Å². The minimum atomic E-state index is -0.797. The van der Waals surface area contributed by atoms with Crippen molar-refractivity contribution in [3.63, 3.8) is 0 Å². The van der Waals surface area contributed by atoms with Crippen LogP contribution < -0.4 is 5.56 Å². The minimum absolute atomic E-state index is 0.186.